The van der Waals surface area contributed by atoms with Crippen LogP contribution in [-0.4, -0.2) is 12.9 Å². The average Bonchev–Trinajstić information content (AvgIpc) is 2.39. The van der Waals surface area contributed by atoms with Crippen molar-refractivity contribution < 1.29 is 9.53 Å². The van der Waals surface area contributed by atoms with E-state index in [-0.39, 0.29) is 5.78 Å². The Morgan fingerprint density at radius 1 is 1.06 bits per heavy atom. The normalized spacial score (nSPS) is 10.0. The molecule has 0 atom stereocenters. The minimum atomic E-state index is -0.102. The SMILES string of the molecule is COc1cccc(C(=O)c2ccccc2)c1Cl. The molecule has 2 rings (SSSR count). The molecule has 0 aliphatic heterocycles. The maximum Gasteiger partial charge on any atom is 0.194 e. The molecule has 0 amide bonds. The number of hydrogen-bond donors (Lipinski definition) is 0. The third-order valence-electron chi connectivity index (χ3n) is 2.46. The summed E-state index contributed by atoms with van der Waals surface area (Å²) in [5, 5.41) is 0.351. The molecular formula is C14H11ClO2. The van der Waals surface area contributed by atoms with E-state index in [1.54, 1.807) is 30.3 Å². The Morgan fingerprint density at radius 2 is 1.76 bits per heavy atom. The predicted molar refractivity (Wildman–Crippen MR) is 67.9 cm³/mol. The summed E-state index contributed by atoms with van der Waals surface area (Å²) in [5.74, 6) is 0.406. The zero-order valence-electron chi connectivity index (χ0n) is 9.31. The van der Waals surface area contributed by atoms with Crippen LogP contribution in [0.15, 0.2) is 48.5 Å². The van der Waals surface area contributed by atoms with Gasteiger partial charge in [0, 0.05) is 11.1 Å². The predicted octanol–water partition coefficient (Wildman–Crippen LogP) is 3.58. The number of halogens is 1. The molecule has 2 aromatic carbocycles. The zero-order chi connectivity index (χ0) is 12.3. The van der Waals surface area contributed by atoms with Gasteiger partial charge in [-0.3, -0.25) is 4.79 Å². The Morgan fingerprint density at radius 3 is 2.41 bits per heavy atom. The highest BCUT2D eigenvalue weighted by molar-refractivity contribution is 6.36. The Kier molecular flexibility index (Phi) is 3.45. The van der Waals surface area contributed by atoms with E-state index < -0.39 is 0 Å². The number of carbonyl (C=O) groups is 1. The summed E-state index contributed by atoms with van der Waals surface area (Å²) in [4.78, 5) is 12.2. The summed E-state index contributed by atoms with van der Waals surface area (Å²) in [6.07, 6.45) is 0. The molecule has 0 radical (unpaired) electrons. The molecular weight excluding hydrogens is 236 g/mol. The summed E-state index contributed by atoms with van der Waals surface area (Å²) in [6, 6.07) is 14.2. The molecule has 0 unspecified atom stereocenters. The molecule has 0 saturated carbocycles. The van der Waals surface area contributed by atoms with Crippen LogP contribution >= 0.6 is 11.6 Å². The van der Waals surface area contributed by atoms with Crippen LogP contribution in [0.25, 0.3) is 0 Å². The van der Waals surface area contributed by atoms with Crippen molar-refractivity contribution >= 4 is 17.4 Å². The fourth-order valence-corrected chi connectivity index (χ4v) is 1.88. The maximum absolute atomic E-state index is 12.2. The van der Waals surface area contributed by atoms with Gasteiger partial charge in [-0.1, -0.05) is 48.0 Å². The number of methoxy groups -OCH3 is 1. The lowest BCUT2D eigenvalue weighted by Gasteiger charge is -2.07. The fraction of sp³-hybridized carbons (Fsp3) is 0.0714. The fourth-order valence-electron chi connectivity index (χ4n) is 1.59. The van der Waals surface area contributed by atoms with Gasteiger partial charge in [-0.05, 0) is 12.1 Å². The second-order valence-corrected chi connectivity index (χ2v) is 3.89. The molecule has 2 nitrogen and oxygen atoms in total. The Hall–Kier alpha value is -1.80. The molecule has 3 heteroatoms. The third kappa shape index (κ3) is 2.32. The quantitative estimate of drug-likeness (QED) is 0.774. The molecule has 17 heavy (non-hydrogen) atoms. The molecule has 0 saturated heterocycles. The summed E-state index contributed by atoms with van der Waals surface area (Å²) in [6.45, 7) is 0. The van der Waals surface area contributed by atoms with Crippen molar-refractivity contribution in [2.24, 2.45) is 0 Å². The number of rotatable bonds is 3. The first kappa shape index (κ1) is 11.7. The Labute approximate surface area is 105 Å². The van der Waals surface area contributed by atoms with Gasteiger partial charge in [-0.25, -0.2) is 0 Å². The third-order valence-corrected chi connectivity index (χ3v) is 2.85. The van der Waals surface area contributed by atoms with E-state index in [0.29, 0.717) is 21.9 Å². The molecule has 0 aromatic heterocycles. The van der Waals surface area contributed by atoms with Crippen LogP contribution in [0, 0.1) is 0 Å². The van der Waals surface area contributed by atoms with Crippen LogP contribution in [0.3, 0.4) is 0 Å². The first-order valence-electron chi connectivity index (χ1n) is 5.16. The van der Waals surface area contributed by atoms with E-state index in [1.807, 2.05) is 18.2 Å². The highest BCUT2D eigenvalue weighted by Crippen LogP contribution is 2.29. The monoisotopic (exact) mass is 246 g/mol. The van der Waals surface area contributed by atoms with E-state index in [4.69, 9.17) is 16.3 Å². The van der Waals surface area contributed by atoms with Gasteiger partial charge in [0.05, 0.1) is 12.1 Å². The standard InChI is InChI=1S/C14H11ClO2/c1-17-12-9-5-8-11(13(12)15)14(16)10-6-3-2-4-7-10/h2-9H,1H3. The number of carbonyl (C=O) groups excluding carboxylic acids is 1. The van der Waals surface area contributed by atoms with Crippen molar-refractivity contribution in [3.63, 3.8) is 0 Å². The summed E-state index contributed by atoms with van der Waals surface area (Å²) < 4.78 is 5.09. The van der Waals surface area contributed by atoms with Crippen LogP contribution in [-0.2, 0) is 0 Å². The van der Waals surface area contributed by atoms with Gasteiger partial charge in [0.1, 0.15) is 5.75 Å². The highest BCUT2D eigenvalue weighted by atomic mass is 35.5. The van der Waals surface area contributed by atoms with E-state index in [2.05, 4.69) is 0 Å². The van der Waals surface area contributed by atoms with Gasteiger partial charge < -0.3 is 4.74 Å². The van der Waals surface area contributed by atoms with Crippen LogP contribution in [0.1, 0.15) is 15.9 Å². The van der Waals surface area contributed by atoms with Gasteiger partial charge in [0.25, 0.3) is 0 Å². The topological polar surface area (TPSA) is 26.3 Å². The van der Waals surface area contributed by atoms with Crippen molar-refractivity contribution in [3.8, 4) is 5.75 Å². The van der Waals surface area contributed by atoms with Crippen LogP contribution < -0.4 is 4.74 Å². The second kappa shape index (κ2) is 5.02. The van der Waals surface area contributed by atoms with Gasteiger partial charge in [-0.2, -0.15) is 0 Å². The van der Waals surface area contributed by atoms with Gasteiger partial charge in [-0.15, -0.1) is 0 Å². The van der Waals surface area contributed by atoms with Crippen molar-refractivity contribution in [3.05, 3.63) is 64.7 Å². The smallest absolute Gasteiger partial charge is 0.194 e. The number of ketones is 1. The van der Waals surface area contributed by atoms with Crippen molar-refractivity contribution in [2.45, 2.75) is 0 Å². The minimum absolute atomic E-state index is 0.102. The molecule has 2 aromatic rings. The Balaban J connectivity index is 2.45. The number of benzene rings is 2. The lowest BCUT2D eigenvalue weighted by Crippen LogP contribution is -2.02. The number of ether oxygens (including phenoxy) is 1. The van der Waals surface area contributed by atoms with Gasteiger partial charge >= 0.3 is 0 Å². The molecule has 86 valence electrons. The summed E-state index contributed by atoms with van der Waals surface area (Å²) in [5.41, 5.74) is 1.07. The van der Waals surface area contributed by atoms with Crippen molar-refractivity contribution in [1.82, 2.24) is 0 Å². The van der Waals surface area contributed by atoms with Crippen LogP contribution in [0.5, 0.6) is 5.75 Å². The minimum Gasteiger partial charge on any atom is -0.495 e. The summed E-state index contributed by atoms with van der Waals surface area (Å²) in [7, 11) is 1.53. The molecule has 0 aliphatic rings. The van der Waals surface area contributed by atoms with E-state index in [9.17, 15) is 4.79 Å². The molecule has 0 fully saturated rings. The van der Waals surface area contributed by atoms with E-state index in [1.165, 1.54) is 7.11 Å². The van der Waals surface area contributed by atoms with Crippen LogP contribution in [0.2, 0.25) is 5.02 Å². The summed E-state index contributed by atoms with van der Waals surface area (Å²) >= 11 is 6.11. The average molecular weight is 247 g/mol. The molecule has 0 bridgehead atoms. The number of hydrogen-bond acceptors (Lipinski definition) is 2. The van der Waals surface area contributed by atoms with Crippen molar-refractivity contribution in [2.75, 3.05) is 7.11 Å². The van der Waals surface area contributed by atoms with Gasteiger partial charge in [0.15, 0.2) is 5.78 Å². The van der Waals surface area contributed by atoms with Gasteiger partial charge in [0.2, 0.25) is 0 Å². The largest absolute Gasteiger partial charge is 0.495 e. The first-order valence-corrected chi connectivity index (χ1v) is 5.54. The Bertz CT molecular complexity index is 535. The first-order chi connectivity index (χ1) is 8.24. The van der Waals surface area contributed by atoms with E-state index in [0.717, 1.165) is 0 Å². The lowest BCUT2D eigenvalue weighted by atomic mass is 10.0. The zero-order valence-corrected chi connectivity index (χ0v) is 10.1. The second-order valence-electron chi connectivity index (χ2n) is 3.52. The molecule has 0 spiro atoms. The molecule has 0 heterocycles. The molecule has 0 N–H and O–H groups in total. The van der Waals surface area contributed by atoms with Crippen LogP contribution in [0.4, 0.5) is 0 Å². The van der Waals surface area contributed by atoms with Crippen molar-refractivity contribution in [1.29, 1.82) is 0 Å². The maximum atomic E-state index is 12.2. The highest BCUT2D eigenvalue weighted by Gasteiger charge is 2.15. The van der Waals surface area contributed by atoms with E-state index >= 15 is 0 Å². The lowest BCUT2D eigenvalue weighted by molar-refractivity contribution is 0.103. The molecule has 0 aliphatic carbocycles.